The first kappa shape index (κ1) is 13.6. The largest absolute Gasteiger partial charge is 0.496 e. The average molecular weight is 259 g/mol. The summed E-state index contributed by atoms with van der Waals surface area (Å²) in [6, 6.07) is 5.81. The molecule has 1 atom stereocenters. The molecule has 0 saturated heterocycles. The van der Waals surface area contributed by atoms with Gasteiger partial charge in [-0.15, -0.1) is 0 Å². The lowest BCUT2D eigenvalue weighted by Crippen LogP contribution is -2.13. The summed E-state index contributed by atoms with van der Waals surface area (Å²) in [5.41, 5.74) is 11.4. The van der Waals surface area contributed by atoms with Crippen LogP contribution >= 0.6 is 0 Å². The van der Waals surface area contributed by atoms with E-state index in [4.69, 9.17) is 10.5 Å². The van der Waals surface area contributed by atoms with Gasteiger partial charge < -0.3 is 10.5 Å². The van der Waals surface area contributed by atoms with Gasteiger partial charge in [0.05, 0.1) is 18.5 Å². The number of benzene rings is 1. The van der Waals surface area contributed by atoms with Crippen LogP contribution in [0.1, 0.15) is 35.5 Å². The van der Waals surface area contributed by atoms with E-state index in [1.165, 1.54) is 5.56 Å². The molecule has 4 nitrogen and oxygen atoms in total. The fourth-order valence-electron chi connectivity index (χ4n) is 2.31. The Morgan fingerprint density at radius 2 is 1.95 bits per heavy atom. The summed E-state index contributed by atoms with van der Waals surface area (Å²) in [7, 11) is 1.66. The van der Waals surface area contributed by atoms with Crippen molar-refractivity contribution in [2.24, 2.45) is 5.73 Å². The van der Waals surface area contributed by atoms with Crippen LogP contribution in [0.4, 0.5) is 0 Å². The predicted molar refractivity (Wildman–Crippen MR) is 76.9 cm³/mol. The minimum Gasteiger partial charge on any atom is -0.496 e. The van der Waals surface area contributed by atoms with Crippen molar-refractivity contribution in [3.05, 3.63) is 40.7 Å². The monoisotopic (exact) mass is 259 g/mol. The van der Waals surface area contributed by atoms with Crippen LogP contribution in [0.25, 0.3) is 5.69 Å². The van der Waals surface area contributed by atoms with Gasteiger partial charge in [-0.2, -0.15) is 5.10 Å². The van der Waals surface area contributed by atoms with E-state index in [0.29, 0.717) is 0 Å². The van der Waals surface area contributed by atoms with Crippen LogP contribution in [0.3, 0.4) is 0 Å². The van der Waals surface area contributed by atoms with Gasteiger partial charge in [0.1, 0.15) is 5.75 Å². The Hall–Kier alpha value is -1.81. The molecule has 0 aliphatic carbocycles. The summed E-state index contributed by atoms with van der Waals surface area (Å²) in [6.45, 7) is 8.13. The number of hydrogen-bond acceptors (Lipinski definition) is 3. The Balaban J connectivity index is 2.71. The highest BCUT2D eigenvalue weighted by Crippen LogP contribution is 2.31. The Labute approximate surface area is 114 Å². The molecular formula is C15H21N3O. The summed E-state index contributed by atoms with van der Waals surface area (Å²) in [5.74, 6) is 0.803. The second-order valence-corrected chi connectivity index (χ2v) is 4.89. The molecule has 102 valence electrons. The topological polar surface area (TPSA) is 53.1 Å². The second kappa shape index (κ2) is 5.05. The molecule has 1 aromatic carbocycles. The molecule has 0 amide bonds. The molecule has 2 rings (SSSR count). The van der Waals surface area contributed by atoms with Gasteiger partial charge in [0.15, 0.2) is 0 Å². The summed E-state index contributed by atoms with van der Waals surface area (Å²) in [6.07, 6.45) is 0. The smallest absolute Gasteiger partial charge is 0.125 e. The first-order chi connectivity index (χ1) is 8.97. The maximum absolute atomic E-state index is 6.10. The van der Waals surface area contributed by atoms with Gasteiger partial charge in [0, 0.05) is 17.3 Å². The predicted octanol–water partition coefficient (Wildman–Crippen LogP) is 2.83. The van der Waals surface area contributed by atoms with Crippen LogP contribution in [0.5, 0.6) is 5.75 Å². The van der Waals surface area contributed by atoms with Crippen LogP contribution in [-0.2, 0) is 0 Å². The molecule has 0 bridgehead atoms. The van der Waals surface area contributed by atoms with Gasteiger partial charge in [0.25, 0.3) is 0 Å². The molecule has 2 N–H and O–H groups in total. The number of nitrogens with zero attached hydrogens (tertiary/aromatic N) is 2. The zero-order valence-electron chi connectivity index (χ0n) is 12.2. The van der Waals surface area contributed by atoms with E-state index < -0.39 is 0 Å². The highest BCUT2D eigenvalue weighted by molar-refractivity contribution is 5.52. The molecule has 19 heavy (non-hydrogen) atoms. The van der Waals surface area contributed by atoms with Crippen molar-refractivity contribution in [3.8, 4) is 11.4 Å². The van der Waals surface area contributed by atoms with Gasteiger partial charge in [0.2, 0.25) is 0 Å². The first-order valence-electron chi connectivity index (χ1n) is 6.43. The van der Waals surface area contributed by atoms with Crippen LogP contribution < -0.4 is 10.5 Å². The van der Waals surface area contributed by atoms with E-state index >= 15 is 0 Å². The number of aryl methyl sites for hydroxylation is 1. The molecule has 0 spiro atoms. The number of rotatable bonds is 3. The summed E-state index contributed by atoms with van der Waals surface area (Å²) in [4.78, 5) is 0. The highest BCUT2D eigenvalue weighted by atomic mass is 16.5. The fourth-order valence-corrected chi connectivity index (χ4v) is 2.31. The highest BCUT2D eigenvalue weighted by Gasteiger charge is 2.17. The molecule has 0 fully saturated rings. The molecule has 0 unspecified atom stereocenters. The maximum atomic E-state index is 6.10. The number of ether oxygens (including phenoxy) is 1. The van der Waals surface area contributed by atoms with Gasteiger partial charge in [-0.1, -0.05) is 6.07 Å². The number of aromatic nitrogens is 2. The standard InChI is InChI=1S/C15H21N3O/c1-9-11(3)17-18(12(9)4)13-7-6-8-14(19-5)15(13)10(2)16/h6-8,10H,16H2,1-5H3/t10-/m0/s1. The fraction of sp³-hybridized carbons (Fsp3) is 0.400. The molecule has 0 radical (unpaired) electrons. The van der Waals surface area contributed by atoms with Crippen molar-refractivity contribution in [1.82, 2.24) is 9.78 Å². The normalized spacial score (nSPS) is 12.5. The maximum Gasteiger partial charge on any atom is 0.125 e. The van der Waals surface area contributed by atoms with E-state index in [1.54, 1.807) is 7.11 Å². The van der Waals surface area contributed by atoms with Crippen molar-refractivity contribution in [3.63, 3.8) is 0 Å². The quantitative estimate of drug-likeness (QED) is 0.922. The van der Waals surface area contributed by atoms with Gasteiger partial charge in [-0.05, 0) is 45.4 Å². The van der Waals surface area contributed by atoms with E-state index in [0.717, 1.165) is 28.4 Å². The zero-order valence-corrected chi connectivity index (χ0v) is 12.2. The number of nitrogens with two attached hydrogens (primary N) is 1. The third-order valence-corrected chi connectivity index (χ3v) is 3.60. The third-order valence-electron chi connectivity index (χ3n) is 3.60. The van der Waals surface area contributed by atoms with Crippen LogP contribution in [-0.4, -0.2) is 16.9 Å². The molecule has 0 saturated carbocycles. The Bertz CT molecular complexity index is 600. The Morgan fingerprint density at radius 1 is 1.26 bits per heavy atom. The van der Waals surface area contributed by atoms with Crippen molar-refractivity contribution in [2.45, 2.75) is 33.7 Å². The van der Waals surface area contributed by atoms with Crippen molar-refractivity contribution in [2.75, 3.05) is 7.11 Å². The summed E-state index contributed by atoms with van der Waals surface area (Å²) in [5, 5.41) is 4.60. The first-order valence-corrected chi connectivity index (χ1v) is 6.43. The lowest BCUT2D eigenvalue weighted by Gasteiger charge is -2.17. The minimum absolute atomic E-state index is 0.115. The molecule has 4 heteroatoms. The molecule has 0 aliphatic rings. The Morgan fingerprint density at radius 3 is 2.42 bits per heavy atom. The van der Waals surface area contributed by atoms with Crippen molar-refractivity contribution in [1.29, 1.82) is 0 Å². The minimum atomic E-state index is -0.115. The van der Waals surface area contributed by atoms with E-state index in [1.807, 2.05) is 36.7 Å². The zero-order chi connectivity index (χ0) is 14.2. The van der Waals surface area contributed by atoms with E-state index in [-0.39, 0.29) is 6.04 Å². The lowest BCUT2D eigenvalue weighted by atomic mass is 10.1. The van der Waals surface area contributed by atoms with Crippen molar-refractivity contribution >= 4 is 0 Å². The number of methoxy groups -OCH3 is 1. The van der Waals surface area contributed by atoms with E-state index in [2.05, 4.69) is 18.9 Å². The van der Waals surface area contributed by atoms with Gasteiger partial charge >= 0.3 is 0 Å². The van der Waals surface area contributed by atoms with Gasteiger partial charge in [-0.3, -0.25) is 0 Å². The van der Waals surface area contributed by atoms with Crippen LogP contribution in [0, 0.1) is 20.8 Å². The SMILES string of the molecule is COc1cccc(-n2nc(C)c(C)c2C)c1[C@H](C)N. The van der Waals surface area contributed by atoms with Crippen LogP contribution in [0.15, 0.2) is 18.2 Å². The molecule has 1 heterocycles. The van der Waals surface area contributed by atoms with E-state index in [9.17, 15) is 0 Å². The number of hydrogen-bond donors (Lipinski definition) is 1. The molecule has 1 aromatic heterocycles. The summed E-state index contributed by atoms with van der Waals surface area (Å²) < 4.78 is 7.37. The molecule has 0 aliphatic heterocycles. The second-order valence-electron chi connectivity index (χ2n) is 4.89. The Kier molecular flexibility index (Phi) is 3.62. The molecule has 2 aromatic rings. The van der Waals surface area contributed by atoms with Crippen LogP contribution in [0.2, 0.25) is 0 Å². The van der Waals surface area contributed by atoms with Gasteiger partial charge in [-0.25, -0.2) is 4.68 Å². The third kappa shape index (κ3) is 2.24. The summed E-state index contributed by atoms with van der Waals surface area (Å²) >= 11 is 0. The average Bonchev–Trinajstić information content (AvgIpc) is 2.65. The van der Waals surface area contributed by atoms with Crippen molar-refractivity contribution < 1.29 is 4.74 Å². The molecular weight excluding hydrogens is 238 g/mol. The lowest BCUT2D eigenvalue weighted by molar-refractivity contribution is 0.406.